The van der Waals surface area contributed by atoms with Crippen LogP contribution < -0.4 is 11.1 Å². The van der Waals surface area contributed by atoms with Crippen molar-refractivity contribution in [2.75, 3.05) is 11.1 Å². The van der Waals surface area contributed by atoms with Gasteiger partial charge in [0, 0.05) is 29.6 Å². The van der Waals surface area contributed by atoms with Crippen molar-refractivity contribution in [1.82, 2.24) is 4.98 Å². The number of rotatable bonds is 2. The van der Waals surface area contributed by atoms with Crippen molar-refractivity contribution in [3.63, 3.8) is 0 Å². The number of hydrogen-bond donors (Lipinski definition) is 2. The molecule has 0 radical (unpaired) electrons. The van der Waals surface area contributed by atoms with E-state index < -0.39 is 17.5 Å². The van der Waals surface area contributed by atoms with Crippen LogP contribution in [-0.4, -0.2) is 4.98 Å². The molecule has 0 aliphatic carbocycles. The second-order valence-electron chi connectivity index (χ2n) is 4.13. The molecule has 0 atom stereocenters. The highest BCUT2D eigenvalue weighted by Gasteiger charge is 2.12. The summed E-state index contributed by atoms with van der Waals surface area (Å²) in [4.78, 5) is 4.06. The zero-order valence-corrected chi connectivity index (χ0v) is 9.95. The number of nitrogens with zero attached hydrogens (tertiary/aromatic N) is 1. The molecule has 3 N–H and O–H groups in total. The van der Waals surface area contributed by atoms with Crippen molar-refractivity contribution in [3.05, 3.63) is 47.8 Å². The first-order valence-electron chi connectivity index (χ1n) is 5.60. The van der Waals surface area contributed by atoms with Gasteiger partial charge in [-0.25, -0.2) is 13.2 Å². The number of halogens is 3. The summed E-state index contributed by atoms with van der Waals surface area (Å²) in [6.45, 7) is 0. The van der Waals surface area contributed by atoms with Gasteiger partial charge in [0.2, 0.25) is 0 Å². The van der Waals surface area contributed by atoms with E-state index in [1.54, 1.807) is 18.2 Å². The molecule has 102 valence electrons. The molecule has 0 aliphatic rings. The maximum absolute atomic E-state index is 13.1. The van der Waals surface area contributed by atoms with Gasteiger partial charge in [-0.05, 0) is 12.1 Å². The van der Waals surface area contributed by atoms with Gasteiger partial charge in [0.1, 0.15) is 5.52 Å². The molecule has 0 spiro atoms. The van der Waals surface area contributed by atoms with Crippen molar-refractivity contribution in [1.29, 1.82) is 0 Å². The van der Waals surface area contributed by atoms with E-state index in [0.717, 1.165) is 12.1 Å². The van der Waals surface area contributed by atoms with Gasteiger partial charge >= 0.3 is 0 Å². The molecule has 0 saturated carbocycles. The molecule has 20 heavy (non-hydrogen) atoms. The molecule has 1 heterocycles. The third-order valence-electron chi connectivity index (χ3n) is 2.65. The van der Waals surface area contributed by atoms with Crippen LogP contribution >= 0.6 is 0 Å². The molecule has 0 aliphatic heterocycles. The van der Waals surface area contributed by atoms with Crippen LogP contribution in [0.15, 0.2) is 34.7 Å². The Labute approximate surface area is 111 Å². The van der Waals surface area contributed by atoms with E-state index in [1.807, 2.05) is 0 Å². The average molecular weight is 279 g/mol. The van der Waals surface area contributed by atoms with E-state index in [4.69, 9.17) is 10.2 Å². The van der Waals surface area contributed by atoms with Crippen LogP contribution in [0.2, 0.25) is 0 Å². The number of nitrogens with one attached hydrogen (secondary N) is 1. The standard InChI is InChI=1S/C13H8F3N3O/c14-8-4-7(5-9(15)12(8)16)18-13-19-10-2-1-6(17)3-11(10)20-13/h1-5H,17H2,(H,18,19). The molecule has 0 amide bonds. The molecular formula is C13H8F3N3O. The highest BCUT2D eigenvalue weighted by Crippen LogP contribution is 2.25. The zero-order chi connectivity index (χ0) is 14.3. The van der Waals surface area contributed by atoms with Crippen LogP contribution in [-0.2, 0) is 0 Å². The number of fused-ring (bicyclic) bond motifs is 1. The Bertz CT molecular complexity index is 778. The largest absolute Gasteiger partial charge is 0.423 e. The molecular weight excluding hydrogens is 271 g/mol. The summed E-state index contributed by atoms with van der Waals surface area (Å²) in [6.07, 6.45) is 0. The summed E-state index contributed by atoms with van der Waals surface area (Å²) in [5.41, 5.74) is 7.04. The van der Waals surface area contributed by atoms with Crippen LogP contribution in [0.3, 0.4) is 0 Å². The predicted molar refractivity (Wildman–Crippen MR) is 68.0 cm³/mol. The van der Waals surface area contributed by atoms with E-state index in [2.05, 4.69) is 10.3 Å². The molecule has 0 unspecified atom stereocenters. The second-order valence-corrected chi connectivity index (χ2v) is 4.13. The third kappa shape index (κ3) is 2.13. The lowest BCUT2D eigenvalue weighted by molar-refractivity contribution is 0.448. The number of nitrogens with two attached hydrogens (primary N) is 1. The Morgan fingerprint density at radius 3 is 2.45 bits per heavy atom. The van der Waals surface area contributed by atoms with Crippen molar-refractivity contribution < 1.29 is 17.6 Å². The summed E-state index contributed by atoms with van der Waals surface area (Å²) in [6, 6.07) is 6.50. The Morgan fingerprint density at radius 1 is 1.05 bits per heavy atom. The molecule has 0 fully saturated rings. The fraction of sp³-hybridized carbons (Fsp3) is 0. The SMILES string of the molecule is Nc1ccc2nc(Nc3cc(F)c(F)c(F)c3)oc2c1. The molecule has 7 heteroatoms. The molecule has 1 aromatic heterocycles. The summed E-state index contributed by atoms with van der Waals surface area (Å²) >= 11 is 0. The Hall–Kier alpha value is -2.70. The molecule has 0 bridgehead atoms. The van der Waals surface area contributed by atoms with Crippen molar-refractivity contribution >= 4 is 28.5 Å². The smallest absolute Gasteiger partial charge is 0.300 e. The number of nitrogen functional groups attached to an aromatic ring is 1. The fourth-order valence-electron chi connectivity index (χ4n) is 1.75. The lowest BCUT2D eigenvalue weighted by Crippen LogP contribution is -1.96. The number of oxazole rings is 1. The zero-order valence-electron chi connectivity index (χ0n) is 9.95. The molecule has 0 saturated heterocycles. The Balaban J connectivity index is 1.96. The van der Waals surface area contributed by atoms with E-state index in [0.29, 0.717) is 16.8 Å². The minimum atomic E-state index is -1.53. The number of anilines is 3. The van der Waals surface area contributed by atoms with Crippen molar-refractivity contribution in [3.8, 4) is 0 Å². The lowest BCUT2D eigenvalue weighted by atomic mass is 10.3. The highest BCUT2D eigenvalue weighted by atomic mass is 19.2. The number of hydrogen-bond acceptors (Lipinski definition) is 4. The van der Waals surface area contributed by atoms with E-state index in [9.17, 15) is 13.2 Å². The van der Waals surface area contributed by atoms with Crippen molar-refractivity contribution in [2.24, 2.45) is 0 Å². The third-order valence-corrected chi connectivity index (χ3v) is 2.65. The maximum atomic E-state index is 13.1. The first-order chi connectivity index (χ1) is 9.52. The van der Waals surface area contributed by atoms with E-state index in [-0.39, 0.29) is 11.7 Å². The van der Waals surface area contributed by atoms with Crippen LogP contribution in [0, 0.1) is 17.5 Å². The lowest BCUT2D eigenvalue weighted by Gasteiger charge is -2.02. The van der Waals surface area contributed by atoms with E-state index in [1.165, 1.54) is 0 Å². The normalized spacial score (nSPS) is 10.9. The van der Waals surface area contributed by atoms with Crippen LogP contribution in [0.5, 0.6) is 0 Å². The van der Waals surface area contributed by atoms with Gasteiger partial charge in [0.15, 0.2) is 23.0 Å². The quantitative estimate of drug-likeness (QED) is 0.556. The minimum Gasteiger partial charge on any atom is -0.423 e. The number of benzene rings is 2. The van der Waals surface area contributed by atoms with Gasteiger partial charge in [-0.1, -0.05) is 0 Å². The topological polar surface area (TPSA) is 64.1 Å². The minimum absolute atomic E-state index is 0.0130. The Kier molecular flexibility index (Phi) is 2.74. The fourth-order valence-corrected chi connectivity index (χ4v) is 1.75. The summed E-state index contributed by atoms with van der Waals surface area (Å²) < 4.78 is 44.3. The maximum Gasteiger partial charge on any atom is 0.300 e. The summed E-state index contributed by atoms with van der Waals surface area (Å²) in [7, 11) is 0. The highest BCUT2D eigenvalue weighted by molar-refractivity contribution is 5.78. The molecule has 3 aromatic rings. The van der Waals surface area contributed by atoms with Crippen LogP contribution in [0.1, 0.15) is 0 Å². The average Bonchev–Trinajstić information content (AvgIpc) is 2.77. The molecule has 2 aromatic carbocycles. The summed E-state index contributed by atoms with van der Waals surface area (Å²) in [5.74, 6) is -4.12. The van der Waals surface area contributed by atoms with Crippen LogP contribution in [0.4, 0.5) is 30.6 Å². The molecule has 4 nitrogen and oxygen atoms in total. The van der Waals surface area contributed by atoms with Gasteiger partial charge < -0.3 is 15.5 Å². The van der Waals surface area contributed by atoms with Gasteiger partial charge in [0.05, 0.1) is 0 Å². The Morgan fingerprint density at radius 2 is 1.75 bits per heavy atom. The number of aromatic nitrogens is 1. The van der Waals surface area contributed by atoms with Gasteiger partial charge in [-0.3, -0.25) is 0 Å². The van der Waals surface area contributed by atoms with Gasteiger partial charge in [0.25, 0.3) is 6.01 Å². The second kappa shape index (κ2) is 4.44. The summed E-state index contributed by atoms with van der Waals surface area (Å²) in [5, 5.41) is 2.56. The van der Waals surface area contributed by atoms with E-state index >= 15 is 0 Å². The monoisotopic (exact) mass is 279 g/mol. The van der Waals surface area contributed by atoms with Gasteiger partial charge in [-0.15, -0.1) is 0 Å². The molecule has 3 rings (SSSR count). The van der Waals surface area contributed by atoms with Gasteiger partial charge in [-0.2, -0.15) is 4.98 Å². The first-order valence-corrected chi connectivity index (χ1v) is 5.60. The van der Waals surface area contributed by atoms with Crippen molar-refractivity contribution in [2.45, 2.75) is 0 Å². The first kappa shape index (κ1) is 12.3. The van der Waals surface area contributed by atoms with Crippen LogP contribution in [0.25, 0.3) is 11.1 Å². The predicted octanol–water partition coefficient (Wildman–Crippen LogP) is 3.57.